The molecular weight excluding hydrogens is 248 g/mol. The molecule has 0 bridgehead atoms. The first-order chi connectivity index (χ1) is 9.74. The number of hydrogen-bond donors (Lipinski definition) is 0. The molecular formula is C18H26O2. The van der Waals surface area contributed by atoms with Gasteiger partial charge in [-0.1, -0.05) is 25.2 Å². The molecule has 1 heterocycles. The monoisotopic (exact) mass is 274 g/mol. The van der Waals surface area contributed by atoms with Crippen LogP contribution in [0.5, 0.6) is 0 Å². The maximum Gasteiger partial charge on any atom is 0.306 e. The molecule has 0 spiro atoms. The van der Waals surface area contributed by atoms with Crippen LogP contribution in [-0.4, -0.2) is 12.1 Å². The second kappa shape index (κ2) is 6.15. The topological polar surface area (TPSA) is 26.3 Å². The van der Waals surface area contributed by atoms with Crippen molar-refractivity contribution < 1.29 is 9.53 Å². The van der Waals surface area contributed by atoms with Crippen molar-refractivity contribution in [2.24, 2.45) is 17.8 Å². The molecule has 3 aliphatic rings. The predicted octanol–water partition coefficient (Wildman–Crippen LogP) is 4.41. The standard InChI is InChI=1S/C18H26O2/c1-13-9-10-14-5-2-3-7-17(14)16(13)12-11-15-6-4-8-18(19)20-15/h5,9-10,13,15-17H,2-4,6-8,11-12H2,1H3/t13-,15-,16-,17-/m0/s1. The van der Waals surface area contributed by atoms with Crippen LogP contribution in [0.4, 0.5) is 0 Å². The molecule has 3 rings (SSSR count). The van der Waals surface area contributed by atoms with Crippen molar-refractivity contribution in [3.05, 3.63) is 23.8 Å². The Balaban J connectivity index is 1.61. The summed E-state index contributed by atoms with van der Waals surface area (Å²) in [5.41, 5.74) is 1.57. The largest absolute Gasteiger partial charge is 0.462 e. The zero-order chi connectivity index (χ0) is 13.9. The maximum absolute atomic E-state index is 11.4. The van der Waals surface area contributed by atoms with E-state index in [0.717, 1.165) is 31.1 Å². The Bertz CT molecular complexity index is 421. The average Bonchev–Trinajstić information content (AvgIpc) is 2.46. The quantitative estimate of drug-likeness (QED) is 0.712. The number of esters is 1. The summed E-state index contributed by atoms with van der Waals surface area (Å²) < 4.78 is 5.48. The average molecular weight is 274 g/mol. The van der Waals surface area contributed by atoms with Gasteiger partial charge in [-0.3, -0.25) is 4.79 Å². The molecule has 2 heteroatoms. The summed E-state index contributed by atoms with van der Waals surface area (Å²) in [4.78, 5) is 11.4. The molecule has 110 valence electrons. The predicted molar refractivity (Wildman–Crippen MR) is 80.2 cm³/mol. The van der Waals surface area contributed by atoms with Gasteiger partial charge in [0.15, 0.2) is 0 Å². The van der Waals surface area contributed by atoms with E-state index in [0.29, 0.717) is 12.3 Å². The van der Waals surface area contributed by atoms with Crippen LogP contribution in [0.25, 0.3) is 0 Å². The molecule has 1 saturated heterocycles. The highest BCUT2D eigenvalue weighted by Crippen LogP contribution is 2.42. The van der Waals surface area contributed by atoms with Crippen LogP contribution in [-0.2, 0) is 9.53 Å². The van der Waals surface area contributed by atoms with Crippen LogP contribution in [0.15, 0.2) is 23.8 Å². The molecule has 0 saturated carbocycles. The van der Waals surface area contributed by atoms with Gasteiger partial charge in [0.05, 0.1) is 0 Å². The highest BCUT2D eigenvalue weighted by atomic mass is 16.5. The lowest BCUT2D eigenvalue weighted by molar-refractivity contribution is -0.154. The molecule has 0 radical (unpaired) electrons. The van der Waals surface area contributed by atoms with Crippen molar-refractivity contribution in [2.45, 2.75) is 64.4 Å². The highest BCUT2D eigenvalue weighted by molar-refractivity contribution is 5.70. The van der Waals surface area contributed by atoms with Crippen molar-refractivity contribution in [1.29, 1.82) is 0 Å². The maximum atomic E-state index is 11.4. The zero-order valence-electron chi connectivity index (χ0n) is 12.5. The van der Waals surface area contributed by atoms with Gasteiger partial charge in [0.25, 0.3) is 0 Å². The van der Waals surface area contributed by atoms with Crippen molar-refractivity contribution >= 4 is 5.97 Å². The number of hydrogen-bond acceptors (Lipinski definition) is 2. The van der Waals surface area contributed by atoms with Crippen LogP contribution < -0.4 is 0 Å². The van der Waals surface area contributed by atoms with Gasteiger partial charge >= 0.3 is 5.97 Å². The summed E-state index contributed by atoms with van der Waals surface area (Å²) in [7, 11) is 0. The molecule has 1 aliphatic heterocycles. The van der Waals surface area contributed by atoms with Gasteiger partial charge in [-0.15, -0.1) is 0 Å². The van der Waals surface area contributed by atoms with Gasteiger partial charge in [-0.2, -0.15) is 0 Å². The smallest absolute Gasteiger partial charge is 0.306 e. The lowest BCUT2D eigenvalue weighted by Crippen LogP contribution is -2.30. The van der Waals surface area contributed by atoms with E-state index in [9.17, 15) is 4.79 Å². The fourth-order valence-electron chi connectivity index (χ4n) is 4.17. The Morgan fingerprint density at radius 3 is 3.00 bits per heavy atom. The molecule has 2 aliphatic carbocycles. The van der Waals surface area contributed by atoms with Crippen molar-refractivity contribution in [3.63, 3.8) is 0 Å². The van der Waals surface area contributed by atoms with E-state index in [1.54, 1.807) is 5.57 Å². The second-order valence-electron chi connectivity index (χ2n) is 6.71. The Hall–Kier alpha value is -1.05. The summed E-state index contributed by atoms with van der Waals surface area (Å²) in [6.07, 6.45) is 16.2. The molecule has 2 nitrogen and oxygen atoms in total. The lowest BCUT2D eigenvalue weighted by atomic mass is 9.68. The van der Waals surface area contributed by atoms with Crippen LogP contribution in [0.1, 0.15) is 58.3 Å². The first-order valence-corrected chi connectivity index (χ1v) is 8.32. The molecule has 0 amide bonds. The molecule has 0 unspecified atom stereocenters. The van der Waals surface area contributed by atoms with Crippen molar-refractivity contribution in [1.82, 2.24) is 0 Å². The SMILES string of the molecule is C[C@H]1C=CC2=CCCC[C@@H]2[C@H]1CC[C@@H]1CCCC(=O)O1. The third-order valence-corrected chi connectivity index (χ3v) is 5.34. The fraction of sp³-hybridized carbons (Fsp3) is 0.722. The molecule has 4 atom stereocenters. The molecule has 1 fully saturated rings. The van der Waals surface area contributed by atoms with E-state index in [-0.39, 0.29) is 12.1 Å². The second-order valence-corrected chi connectivity index (χ2v) is 6.71. The minimum absolute atomic E-state index is 0.0103. The molecule has 0 aromatic carbocycles. The minimum atomic E-state index is 0.0103. The lowest BCUT2D eigenvalue weighted by Gasteiger charge is -2.38. The summed E-state index contributed by atoms with van der Waals surface area (Å²) in [5, 5.41) is 0. The van der Waals surface area contributed by atoms with E-state index < -0.39 is 0 Å². The van der Waals surface area contributed by atoms with Gasteiger partial charge in [-0.05, 0) is 68.3 Å². The number of carbonyl (C=O) groups excluding carboxylic acids is 1. The van der Waals surface area contributed by atoms with Gasteiger partial charge in [0, 0.05) is 6.42 Å². The fourth-order valence-corrected chi connectivity index (χ4v) is 4.17. The first kappa shape index (κ1) is 13.9. The van der Waals surface area contributed by atoms with Crippen molar-refractivity contribution in [3.8, 4) is 0 Å². The highest BCUT2D eigenvalue weighted by Gasteiger charge is 2.32. The Morgan fingerprint density at radius 1 is 1.25 bits per heavy atom. The number of cyclic esters (lactones) is 1. The number of carbonyl (C=O) groups is 1. The van der Waals surface area contributed by atoms with E-state index in [1.165, 1.54) is 25.7 Å². The molecule has 0 aromatic rings. The number of allylic oxidation sites excluding steroid dienone is 4. The van der Waals surface area contributed by atoms with Crippen LogP contribution >= 0.6 is 0 Å². The zero-order valence-corrected chi connectivity index (χ0v) is 12.5. The van der Waals surface area contributed by atoms with Gasteiger partial charge in [0.1, 0.15) is 6.10 Å². The van der Waals surface area contributed by atoms with Crippen LogP contribution in [0.2, 0.25) is 0 Å². The summed E-state index contributed by atoms with van der Waals surface area (Å²) in [5.74, 6) is 2.17. The molecule has 20 heavy (non-hydrogen) atoms. The number of rotatable bonds is 3. The third-order valence-electron chi connectivity index (χ3n) is 5.34. The normalized spacial score (nSPS) is 37.0. The summed E-state index contributed by atoms with van der Waals surface area (Å²) in [6, 6.07) is 0. The Morgan fingerprint density at radius 2 is 2.15 bits per heavy atom. The van der Waals surface area contributed by atoms with Gasteiger partial charge in [-0.25, -0.2) is 0 Å². The van der Waals surface area contributed by atoms with Gasteiger partial charge in [0.2, 0.25) is 0 Å². The van der Waals surface area contributed by atoms with E-state index >= 15 is 0 Å². The third kappa shape index (κ3) is 2.99. The van der Waals surface area contributed by atoms with Crippen LogP contribution in [0.3, 0.4) is 0 Å². The number of ether oxygens (including phenoxy) is 1. The van der Waals surface area contributed by atoms with Crippen molar-refractivity contribution in [2.75, 3.05) is 0 Å². The Kier molecular flexibility index (Phi) is 4.28. The van der Waals surface area contributed by atoms with Gasteiger partial charge < -0.3 is 4.74 Å². The van der Waals surface area contributed by atoms with E-state index in [4.69, 9.17) is 4.74 Å². The van der Waals surface area contributed by atoms with E-state index in [2.05, 4.69) is 25.2 Å². The first-order valence-electron chi connectivity index (χ1n) is 8.32. The van der Waals surface area contributed by atoms with E-state index in [1.807, 2.05) is 0 Å². The summed E-state index contributed by atoms with van der Waals surface area (Å²) >= 11 is 0. The number of fused-ring (bicyclic) bond motifs is 1. The minimum Gasteiger partial charge on any atom is -0.462 e. The molecule has 0 N–H and O–H groups in total. The molecule has 0 aromatic heterocycles. The van der Waals surface area contributed by atoms with Crippen LogP contribution in [0, 0.1) is 17.8 Å². The Labute approximate surface area is 122 Å². The summed E-state index contributed by atoms with van der Waals surface area (Å²) in [6.45, 7) is 2.35.